The van der Waals surface area contributed by atoms with Gasteiger partial charge in [0.15, 0.2) is 0 Å². The summed E-state index contributed by atoms with van der Waals surface area (Å²) < 4.78 is 0. The number of hydrogen-bond acceptors (Lipinski definition) is 2. The van der Waals surface area contributed by atoms with Gasteiger partial charge in [-0.05, 0) is 75.7 Å². The van der Waals surface area contributed by atoms with Crippen LogP contribution in [0.2, 0.25) is 0 Å². The quantitative estimate of drug-likeness (QED) is 0.258. The molecule has 6 rings (SSSR count). The number of allylic oxidation sites excluding steroid dienone is 4. The number of nitrogens with zero attached hydrogens (tertiary/aromatic N) is 2. The van der Waals surface area contributed by atoms with Crippen LogP contribution in [0.5, 0.6) is 0 Å². The molecule has 0 N–H and O–H groups in total. The summed E-state index contributed by atoms with van der Waals surface area (Å²) in [5.74, 6) is 0. The fourth-order valence-corrected chi connectivity index (χ4v) is 4.71. The lowest BCUT2D eigenvalue weighted by Gasteiger charge is -2.26. The zero-order valence-electron chi connectivity index (χ0n) is 17.2. The minimum Gasteiger partial charge on any atom is -0.234 e. The van der Waals surface area contributed by atoms with E-state index in [0.29, 0.717) is 0 Å². The largest absolute Gasteiger partial charge is 0.234 e. The molecule has 0 fully saturated rings. The lowest BCUT2D eigenvalue weighted by molar-refractivity contribution is 1.09. The number of rotatable bonds is 4. The van der Waals surface area contributed by atoms with E-state index in [4.69, 9.17) is 5.10 Å². The fourth-order valence-electron chi connectivity index (χ4n) is 4.71. The van der Waals surface area contributed by atoms with Crippen LogP contribution in [0.25, 0.3) is 21.9 Å². The molecule has 0 spiro atoms. The van der Waals surface area contributed by atoms with Gasteiger partial charge in [-0.2, -0.15) is 5.10 Å². The summed E-state index contributed by atoms with van der Waals surface area (Å²) >= 11 is 0. The number of para-hydroxylation sites is 2. The van der Waals surface area contributed by atoms with Gasteiger partial charge in [-0.15, -0.1) is 0 Å². The summed E-state index contributed by atoms with van der Waals surface area (Å²) in [5.41, 5.74) is 8.82. The summed E-state index contributed by atoms with van der Waals surface area (Å²) in [5, 5.41) is 9.70. The SMILES string of the molecule is C1=C(/C=N/N(c2ccccc2)c2ccccc2)c2ccc3cccc4c3c2C(=CC4)C1. The summed E-state index contributed by atoms with van der Waals surface area (Å²) in [6, 6.07) is 31.8. The first-order valence-corrected chi connectivity index (χ1v) is 10.8. The van der Waals surface area contributed by atoms with Crippen molar-refractivity contribution in [2.45, 2.75) is 12.8 Å². The standard InChI is InChI=1S/C29H22N2/c1-3-10-25(11-4-1)31(26-12-5-2-6-13-26)30-20-24-17-16-23-15-14-21-8-7-9-22-18-19-27(24)29(23)28(21)22/h1-13,15,17-20H,14,16H2/b30-20+. The van der Waals surface area contributed by atoms with Crippen molar-refractivity contribution >= 4 is 39.5 Å². The molecular weight excluding hydrogens is 376 g/mol. The van der Waals surface area contributed by atoms with Gasteiger partial charge in [0.1, 0.15) is 0 Å². The molecule has 0 amide bonds. The topological polar surface area (TPSA) is 15.6 Å². The van der Waals surface area contributed by atoms with Gasteiger partial charge in [-0.3, -0.25) is 0 Å². The summed E-state index contributed by atoms with van der Waals surface area (Å²) in [7, 11) is 0. The molecule has 4 aromatic rings. The molecule has 0 radical (unpaired) electrons. The Morgan fingerprint density at radius 3 is 2.16 bits per heavy atom. The Bertz CT molecular complexity index is 1320. The fraction of sp³-hybridized carbons (Fsp3) is 0.0690. The predicted octanol–water partition coefficient (Wildman–Crippen LogP) is 7.39. The average Bonchev–Trinajstić information content (AvgIpc) is 2.84. The highest BCUT2D eigenvalue weighted by Gasteiger charge is 2.22. The number of hydrogen-bond donors (Lipinski definition) is 0. The molecule has 0 saturated carbocycles. The van der Waals surface area contributed by atoms with E-state index in [0.717, 1.165) is 24.2 Å². The van der Waals surface area contributed by atoms with Crippen molar-refractivity contribution in [2.75, 3.05) is 5.01 Å². The molecule has 0 aromatic heterocycles. The molecule has 31 heavy (non-hydrogen) atoms. The van der Waals surface area contributed by atoms with Gasteiger partial charge < -0.3 is 0 Å². The minimum atomic E-state index is 0.957. The second-order valence-electron chi connectivity index (χ2n) is 8.03. The number of hydrazone groups is 1. The van der Waals surface area contributed by atoms with Crippen LogP contribution in [-0.2, 0) is 6.42 Å². The molecular formula is C29H22N2. The van der Waals surface area contributed by atoms with E-state index >= 15 is 0 Å². The van der Waals surface area contributed by atoms with Crippen LogP contribution in [-0.4, -0.2) is 6.21 Å². The molecule has 0 heterocycles. The maximum Gasteiger partial charge on any atom is 0.0652 e. The van der Waals surface area contributed by atoms with E-state index in [1.807, 2.05) is 47.6 Å². The van der Waals surface area contributed by atoms with Crippen molar-refractivity contribution in [3.05, 3.63) is 120 Å². The van der Waals surface area contributed by atoms with E-state index in [9.17, 15) is 0 Å². The van der Waals surface area contributed by atoms with Crippen molar-refractivity contribution < 1.29 is 0 Å². The van der Waals surface area contributed by atoms with Gasteiger partial charge in [-0.25, -0.2) is 5.01 Å². The molecule has 2 aliphatic carbocycles. The summed E-state index contributed by atoms with van der Waals surface area (Å²) in [6.07, 6.45) is 8.71. The lowest BCUT2D eigenvalue weighted by atomic mass is 9.79. The van der Waals surface area contributed by atoms with Crippen molar-refractivity contribution in [1.29, 1.82) is 0 Å². The zero-order valence-corrected chi connectivity index (χ0v) is 17.2. The molecule has 0 atom stereocenters. The first-order chi connectivity index (χ1) is 15.4. The molecule has 148 valence electrons. The van der Waals surface area contributed by atoms with Gasteiger partial charge >= 0.3 is 0 Å². The van der Waals surface area contributed by atoms with Gasteiger partial charge in [-0.1, -0.05) is 78.9 Å². The molecule has 0 aliphatic heterocycles. The van der Waals surface area contributed by atoms with Crippen LogP contribution in [0.1, 0.15) is 23.1 Å². The van der Waals surface area contributed by atoms with Crippen LogP contribution in [0.3, 0.4) is 0 Å². The third-order valence-corrected chi connectivity index (χ3v) is 6.19. The van der Waals surface area contributed by atoms with Gasteiger partial charge in [0.05, 0.1) is 17.6 Å². The highest BCUT2D eigenvalue weighted by atomic mass is 15.5. The Morgan fingerprint density at radius 2 is 1.42 bits per heavy atom. The van der Waals surface area contributed by atoms with E-state index in [-0.39, 0.29) is 0 Å². The Kier molecular flexibility index (Phi) is 4.28. The zero-order chi connectivity index (χ0) is 20.6. The molecule has 0 unspecified atom stereocenters. The third-order valence-electron chi connectivity index (χ3n) is 6.19. The highest BCUT2D eigenvalue weighted by Crippen LogP contribution is 2.42. The lowest BCUT2D eigenvalue weighted by Crippen LogP contribution is -2.11. The predicted molar refractivity (Wildman–Crippen MR) is 132 cm³/mol. The number of anilines is 2. The van der Waals surface area contributed by atoms with Gasteiger partial charge in [0.25, 0.3) is 0 Å². The van der Waals surface area contributed by atoms with Crippen molar-refractivity contribution in [3.8, 4) is 0 Å². The molecule has 2 heteroatoms. The Morgan fingerprint density at radius 1 is 0.677 bits per heavy atom. The number of benzene rings is 4. The highest BCUT2D eigenvalue weighted by molar-refractivity contribution is 6.17. The first-order valence-electron chi connectivity index (χ1n) is 10.8. The van der Waals surface area contributed by atoms with Crippen LogP contribution in [0, 0.1) is 0 Å². The van der Waals surface area contributed by atoms with Crippen molar-refractivity contribution in [2.24, 2.45) is 5.10 Å². The molecule has 2 aliphatic rings. The maximum atomic E-state index is 4.95. The van der Waals surface area contributed by atoms with Crippen molar-refractivity contribution in [3.63, 3.8) is 0 Å². The van der Waals surface area contributed by atoms with E-state index < -0.39 is 0 Å². The molecule has 4 aromatic carbocycles. The maximum absolute atomic E-state index is 4.95. The molecule has 0 saturated heterocycles. The van der Waals surface area contributed by atoms with E-state index in [1.54, 1.807) is 0 Å². The Hall–Kier alpha value is -3.91. The smallest absolute Gasteiger partial charge is 0.0652 e. The van der Waals surface area contributed by atoms with Crippen LogP contribution < -0.4 is 5.01 Å². The van der Waals surface area contributed by atoms with Crippen LogP contribution >= 0.6 is 0 Å². The first kappa shape index (κ1) is 17.9. The third kappa shape index (κ3) is 3.08. The molecule has 0 bridgehead atoms. The Labute approximate surface area is 182 Å². The monoisotopic (exact) mass is 398 g/mol. The molecule has 2 nitrogen and oxygen atoms in total. The van der Waals surface area contributed by atoms with Crippen LogP contribution in [0.15, 0.2) is 108 Å². The van der Waals surface area contributed by atoms with Gasteiger partial charge in [0.2, 0.25) is 0 Å². The second kappa shape index (κ2) is 7.41. The van der Waals surface area contributed by atoms with Crippen LogP contribution in [0.4, 0.5) is 11.4 Å². The summed E-state index contributed by atoms with van der Waals surface area (Å²) in [6.45, 7) is 0. The van der Waals surface area contributed by atoms with Crippen molar-refractivity contribution in [1.82, 2.24) is 0 Å². The Balaban J connectivity index is 1.45. The summed E-state index contributed by atoms with van der Waals surface area (Å²) in [4.78, 5) is 0. The normalized spacial score (nSPS) is 14.5. The van der Waals surface area contributed by atoms with Gasteiger partial charge in [0, 0.05) is 0 Å². The van der Waals surface area contributed by atoms with E-state index in [1.165, 1.54) is 38.6 Å². The minimum absolute atomic E-state index is 0.957. The van der Waals surface area contributed by atoms with E-state index in [2.05, 4.69) is 66.7 Å². The average molecular weight is 399 g/mol. The second-order valence-corrected chi connectivity index (χ2v) is 8.03.